The molecule has 0 spiro atoms. The number of aromatic nitrogens is 3. The lowest BCUT2D eigenvalue weighted by Crippen LogP contribution is -2.55. The molecule has 0 unspecified atom stereocenters. The van der Waals surface area contributed by atoms with E-state index in [1.165, 1.54) is 44.2 Å². The van der Waals surface area contributed by atoms with E-state index in [1.54, 1.807) is 26.0 Å². The molecule has 10 atom stereocenters. The number of aliphatic hydroxyl groups is 1. The summed E-state index contributed by atoms with van der Waals surface area (Å²) in [5.41, 5.74) is 6.02. The standard InChI is InChI=1S/C42H56N6O15/c1-20-13-28-34(44-17-27-18-48(47-46-27)41-39(62-26(7)51)38(61-25(6)50)33(19-59-41)60-24(5)49)30(52)16-29(36(28)54)45-40(55)21(2)11-10-12-31(57-8)37(63-42(43)56)23(4)15-22(3)35(53)32(14-20)58-9/h10-12,15-16,18,20,22,31-33,35,37-39,41,44,53H,13-14,17,19H2,1-9H3,(H2,43,56)(H,45,55)/b12-10-,21-11+,23-15+/t20-,22+,31+,32+,33-,35-,37+,38+,39-,41-/m1/s1. The zero-order valence-corrected chi connectivity index (χ0v) is 36.6. The van der Waals surface area contributed by atoms with Gasteiger partial charge in [-0.2, -0.15) is 0 Å². The van der Waals surface area contributed by atoms with E-state index in [-0.39, 0.29) is 60.1 Å². The number of allylic oxidation sites excluding steroid dienone is 4. The molecule has 4 rings (SSSR count). The maximum atomic E-state index is 14.2. The van der Waals surface area contributed by atoms with Gasteiger partial charge in [0.2, 0.25) is 11.6 Å². The molecule has 21 heteroatoms. The number of rotatable bonds is 10. The van der Waals surface area contributed by atoms with Crippen molar-refractivity contribution in [3.63, 3.8) is 0 Å². The topological polar surface area (TPSA) is 285 Å². The molecular formula is C42H56N6O15. The van der Waals surface area contributed by atoms with Crippen molar-refractivity contribution in [2.24, 2.45) is 17.6 Å². The summed E-state index contributed by atoms with van der Waals surface area (Å²) in [6, 6.07) is 0. The van der Waals surface area contributed by atoms with Gasteiger partial charge in [0.25, 0.3) is 5.91 Å². The highest BCUT2D eigenvalue weighted by molar-refractivity contribution is 6.23. The van der Waals surface area contributed by atoms with Crippen molar-refractivity contribution in [3.05, 3.63) is 70.4 Å². The second kappa shape index (κ2) is 22.4. The van der Waals surface area contributed by atoms with Gasteiger partial charge in [-0.3, -0.25) is 28.8 Å². The Bertz CT molecular complexity index is 2070. The molecule has 3 heterocycles. The summed E-state index contributed by atoms with van der Waals surface area (Å²) in [6.07, 6.45) is -0.760. The molecule has 1 aromatic heterocycles. The van der Waals surface area contributed by atoms with E-state index < -0.39 is 96.3 Å². The predicted octanol–water partition coefficient (Wildman–Crippen LogP) is 1.47. The number of primary amides is 1. The van der Waals surface area contributed by atoms with Gasteiger partial charge >= 0.3 is 24.0 Å². The average molecular weight is 885 g/mol. The monoisotopic (exact) mass is 884 g/mol. The van der Waals surface area contributed by atoms with Crippen LogP contribution < -0.4 is 16.4 Å². The highest BCUT2D eigenvalue weighted by Crippen LogP contribution is 2.32. The van der Waals surface area contributed by atoms with Crippen LogP contribution in [-0.2, 0) is 68.5 Å². The third kappa shape index (κ3) is 13.2. The molecule has 344 valence electrons. The Kier molecular flexibility index (Phi) is 17.6. The van der Waals surface area contributed by atoms with Gasteiger partial charge in [-0.25, -0.2) is 9.48 Å². The Morgan fingerprint density at radius 2 is 1.63 bits per heavy atom. The van der Waals surface area contributed by atoms with Crippen LogP contribution >= 0.6 is 0 Å². The van der Waals surface area contributed by atoms with Gasteiger partial charge in [-0.05, 0) is 38.2 Å². The van der Waals surface area contributed by atoms with E-state index in [2.05, 4.69) is 20.9 Å². The van der Waals surface area contributed by atoms with Crippen molar-refractivity contribution < 1.29 is 71.8 Å². The predicted molar refractivity (Wildman–Crippen MR) is 218 cm³/mol. The number of amides is 2. The molecule has 21 nitrogen and oxygen atoms in total. The minimum absolute atomic E-state index is 0.00521. The van der Waals surface area contributed by atoms with E-state index in [9.17, 15) is 38.7 Å². The number of nitrogens with zero attached hydrogens (tertiary/aromatic N) is 3. The number of carbonyl (C=O) groups excluding carboxylic acids is 7. The number of ether oxygens (including phenoxy) is 7. The molecule has 63 heavy (non-hydrogen) atoms. The first-order valence-corrected chi connectivity index (χ1v) is 20.1. The molecule has 1 aliphatic carbocycles. The van der Waals surface area contributed by atoms with Crippen LogP contribution in [0.15, 0.2) is 64.7 Å². The van der Waals surface area contributed by atoms with Crippen LogP contribution in [0.2, 0.25) is 0 Å². The largest absolute Gasteiger partial charge is 0.456 e. The third-order valence-electron chi connectivity index (χ3n) is 10.4. The fraction of sp³-hybridized carbons (Fsp3) is 0.548. The summed E-state index contributed by atoms with van der Waals surface area (Å²) in [4.78, 5) is 89.3. The minimum Gasteiger partial charge on any atom is -0.456 e. The highest BCUT2D eigenvalue weighted by atomic mass is 16.6. The van der Waals surface area contributed by atoms with E-state index in [1.807, 2.05) is 6.92 Å². The summed E-state index contributed by atoms with van der Waals surface area (Å²) in [6.45, 7) is 9.79. The highest BCUT2D eigenvalue weighted by Gasteiger charge is 2.48. The number of aliphatic hydroxyl groups excluding tert-OH is 1. The van der Waals surface area contributed by atoms with Gasteiger partial charge in [0.15, 0.2) is 30.6 Å². The summed E-state index contributed by atoms with van der Waals surface area (Å²) >= 11 is 0. The van der Waals surface area contributed by atoms with Crippen molar-refractivity contribution in [1.29, 1.82) is 0 Å². The van der Waals surface area contributed by atoms with E-state index in [4.69, 9.17) is 38.9 Å². The molecule has 3 aliphatic rings. The van der Waals surface area contributed by atoms with Crippen LogP contribution in [0.3, 0.4) is 0 Å². The molecule has 2 bridgehead atoms. The number of Topliss-reactive ketones (excluding diaryl/α,β-unsaturated/α-hetero) is 1. The Balaban J connectivity index is 1.68. The van der Waals surface area contributed by atoms with Gasteiger partial charge in [-0.15, -0.1) is 5.10 Å². The first-order chi connectivity index (χ1) is 29.7. The van der Waals surface area contributed by atoms with Crippen molar-refractivity contribution in [3.8, 4) is 0 Å². The van der Waals surface area contributed by atoms with Gasteiger partial charge in [0, 0.05) is 58.1 Å². The molecule has 1 aromatic rings. The number of ketones is 2. The lowest BCUT2D eigenvalue weighted by atomic mass is 9.85. The number of nitrogens with one attached hydrogen (secondary N) is 2. The SMILES string of the molecule is CO[C@H]1/C=C\C=C(/C)C(=O)NC2=CC(=O)C(NCc3cn([C@@H]4OC[C@@H](OC(C)=O)[C@H](OC(C)=O)[C@H]4OC(C)=O)nn3)=C(C[C@@H](C)C[C@H](OC)[C@H](O)[C@@H](C)/C=C(\C)[C@@H]1OC(N)=O)C2=O. The average Bonchev–Trinajstić information content (AvgIpc) is 3.68. The Labute approximate surface area is 364 Å². The van der Waals surface area contributed by atoms with Crippen molar-refractivity contribution >= 4 is 41.5 Å². The minimum atomic E-state index is -1.33. The Morgan fingerprint density at radius 3 is 2.25 bits per heavy atom. The van der Waals surface area contributed by atoms with E-state index in [0.29, 0.717) is 5.57 Å². The Morgan fingerprint density at radius 1 is 0.968 bits per heavy atom. The number of carbonyl (C=O) groups is 7. The quantitative estimate of drug-likeness (QED) is 0.112. The Hall–Kier alpha value is -6.03. The number of hydrogen-bond acceptors (Lipinski definition) is 18. The van der Waals surface area contributed by atoms with Gasteiger partial charge < -0.3 is 54.6 Å². The first-order valence-electron chi connectivity index (χ1n) is 20.1. The van der Waals surface area contributed by atoms with Gasteiger partial charge in [-0.1, -0.05) is 43.4 Å². The van der Waals surface area contributed by atoms with Crippen LogP contribution in [0.1, 0.15) is 73.2 Å². The molecule has 0 radical (unpaired) electrons. The number of hydrogen-bond donors (Lipinski definition) is 4. The molecule has 0 aromatic carbocycles. The smallest absolute Gasteiger partial charge is 0.405 e. The van der Waals surface area contributed by atoms with Gasteiger partial charge in [0.1, 0.15) is 11.8 Å². The van der Waals surface area contributed by atoms with Crippen LogP contribution in [0.25, 0.3) is 0 Å². The molecule has 0 saturated carbocycles. The molecule has 1 fully saturated rings. The lowest BCUT2D eigenvalue weighted by Gasteiger charge is -2.40. The molecule has 1 saturated heterocycles. The number of fused-ring (bicyclic) bond motifs is 2. The summed E-state index contributed by atoms with van der Waals surface area (Å²) in [7, 11) is 2.84. The fourth-order valence-corrected chi connectivity index (χ4v) is 7.43. The third-order valence-corrected chi connectivity index (χ3v) is 10.4. The summed E-state index contributed by atoms with van der Waals surface area (Å²) < 4.78 is 40.0. The van der Waals surface area contributed by atoms with Gasteiger partial charge in [0.05, 0.1) is 43.0 Å². The van der Waals surface area contributed by atoms with Crippen molar-refractivity contribution in [1.82, 2.24) is 25.6 Å². The van der Waals surface area contributed by atoms with Crippen LogP contribution in [-0.4, -0.2) is 125 Å². The second-order valence-electron chi connectivity index (χ2n) is 15.5. The van der Waals surface area contributed by atoms with Crippen molar-refractivity contribution in [2.75, 3.05) is 20.8 Å². The first kappa shape index (κ1) is 49.6. The fourth-order valence-electron chi connectivity index (χ4n) is 7.43. The summed E-state index contributed by atoms with van der Waals surface area (Å²) in [5.74, 6) is -5.03. The second-order valence-corrected chi connectivity index (χ2v) is 15.5. The molecule has 2 aliphatic heterocycles. The maximum absolute atomic E-state index is 14.2. The number of nitrogens with two attached hydrogens (primary N) is 1. The molecular weight excluding hydrogens is 828 g/mol. The van der Waals surface area contributed by atoms with Crippen LogP contribution in [0.4, 0.5) is 4.79 Å². The zero-order valence-electron chi connectivity index (χ0n) is 36.6. The van der Waals surface area contributed by atoms with E-state index in [0.717, 1.165) is 26.8 Å². The van der Waals surface area contributed by atoms with Crippen LogP contribution in [0, 0.1) is 11.8 Å². The number of esters is 3. The molecule has 5 N–H and O–H groups in total. The zero-order chi connectivity index (χ0) is 46.7. The van der Waals surface area contributed by atoms with E-state index >= 15 is 0 Å². The normalized spacial score (nSPS) is 31.0. The van der Waals surface area contributed by atoms with Crippen LogP contribution in [0.5, 0.6) is 0 Å². The summed E-state index contributed by atoms with van der Waals surface area (Å²) in [5, 5.41) is 25.3. The molecule has 2 amide bonds. The lowest BCUT2D eigenvalue weighted by molar-refractivity contribution is -0.241. The van der Waals surface area contributed by atoms with Crippen molar-refractivity contribution in [2.45, 2.75) is 117 Å². The number of methoxy groups -OCH3 is 2. The maximum Gasteiger partial charge on any atom is 0.405 e.